The van der Waals surface area contributed by atoms with Gasteiger partial charge in [0.1, 0.15) is 0 Å². The highest BCUT2D eigenvalue weighted by molar-refractivity contribution is 5.76. The second-order valence-corrected chi connectivity index (χ2v) is 3.21. The van der Waals surface area contributed by atoms with Crippen LogP contribution in [-0.2, 0) is 4.79 Å². The summed E-state index contributed by atoms with van der Waals surface area (Å²) in [7, 11) is 0. The van der Waals surface area contributed by atoms with E-state index in [0.29, 0.717) is 0 Å². The molecular formula is C8H12O2. The van der Waals surface area contributed by atoms with Gasteiger partial charge in [-0.25, -0.2) is 0 Å². The summed E-state index contributed by atoms with van der Waals surface area (Å²) in [6.45, 7) is 5.98. The largest absolute Gasteiger partial charge is 0.527 e. The predicted octanol–water partition coefficient (Wildman–Crippen LogP) is 0.543. The van der Waals surface area contributed by atoms with E-state index in [1.807, 2.05) is 26.8 Å². The fourth-order valence-electron chi connectivity index (χ4n) is 0.415. The fourth-order valence-corrected chi connectivity index (χ4v) is 0.415. The molecule has 0 heterocycles. The first-order valence-corrected chi connectivity index (χ1v) is 3.15. The van der Waals surface area contributed by atoms with Gasteiger partial charge < -0.3 is 9.90 Å². The van der Waals surface area contributed by atoms with Crippen molar-refractivity contribution in [1.82, 2.24) is 0 Å². The van der Waals surface area contributed by atoms with Crippen molar-refractivity contribution < 1.29 is 9.90 Å². The van der Waals surface area contributed by atoms with E-state index in [0.717, 1.165) is 6.42 Å². The van der Waals surface area contributed by atoms with Gasteiger partial charge in [0.2, 0.25) is 0 Å². The molecule has 0 amide bonds. The summed E-state index contributed by atoms with van der Waals surface area (Å²) in [6, 6.07) is 0. The van der Waals surface area contributed by atoms with E-state index in [2.05, 4.69) is 0 Å². The molecule has 56 valence electrons. The van der Waals surface area contributed by atoms with Gasteiger partial charge in [-0.05, 0) is 20.8 Å². The molecule has 0 unspecified atom stereocenters. The van der Waals surface area contributed by atoms with Crippen molar-refractivity contribution in [2.45, 2.75) is 20.8 Å². The minimum atomic E-state index is -1.15. The zero-order valence-corrected chi connectivity index (χ0v) is 6.55. The number of hydrogen-bond acceptors (Lipinski definition) is 2. The molecule has 0 radical (unpaired) electrons. The Labute approximate surface area is 61.6 Å². The summed E-state index contributed by atoms with van der Waals surface area (Å²) in [6.07, 6.45) is 4.32. The van der Waals surface area contributed by atoms with Gasteiger partial charge in [-0.3, -0.25) is 0 Å². The molecule has 2 heteroatoms. The zero-order valence-electron chi connectivity index (χ0n) is 6.55. The van der Waals surface area contributed by atoms with Crippen LogP contribution in [0.3, 0.4) is 0 Å². The molecule has 0 aromatic rings. The van der Waals surface area contributed by atoms with Crippen molar-refractivity contribution in [3.63, 3.8) is 0 Å². The van der Waals surface area contributed by atoms with Crippen molar-refractivity contribution in [3.8, 4) is 0 Å². The van der Waals surface area contributed by atoms with Crippen molar-refractivity contribution in [2.24, 2.45) is 5.41 Å². The zero-order chi connectivity index (χ0) is 8.20. The third kappa shape index (κ3) is 7.08. The number of aliphatic carboxylic acids is 1. The SMILES string of the molecule is CC(C)(C)C=C[CH+]C(=O)[O-]. The summed E-state index contributed by atoms with van der Waals surface area (Å²) < 4.78 is 0. The Kier molecular flexibility index (Phi) is 3.00. The average Bonchev–Trinajstić information content (AvgIpc) is 1.59. The van der Waals surface area contributed by atoms with Crippen LogP contribution in [0.4, 0.5) is 0 Å². The quantitative estimate of drug-likeness (QED) is 0.525. The minimum absolute atomic E-state index is 0.0337. The minimum Gasteiger partial charge on any atom is -0.527 e. The molecule has 2 nitrogen and oxygen atoms in total. The Bertz CT molecular complexity index is 140. The van der Waals surface area contributed by atoms with Crippen molar-refractivity contribution in [3.05, 3.63) is 18.6 Å². The van der Waals surface area contributed by atoms with Crippen LogP contribution in [-0.4, -0.2) is 5.97 Å². The first-order valence-electron chi connectivity index (χ1n) is 3.15. The summed E-state index contributed by atoms with van der Waals surface area (Å²) in [5.74, 6) is -1.15. The number of carbonyl (C=O) groups excluding carboxylic acids is 1. The second kappa shape index (κ2) is 3.30. The molecule has 0 saturated heterocycles. The summed E-state index contributed by atoms with van der Waals surface area (Å²) in [4.78, 5) is 9.87. The molecular weight excluding hydrogens is 128 g/mol. The Balaban J connectivity index is 3.67. The van der Waals surface area contributed by atoms with E-state index in [4.69, 9.17) is 0 Å². The lowest BCUT2D eigenvalue weighted by molar-refractivity contribution is -0.299. The lowest BCUT2D eigenvalue weighted by atomic mass is 9.96. The van der Waals surface area contributed by atoms with E-state index in [-0.39, 0.29) is 5.41 Å². The highest BCUT2D eigenvalue weighted by Crippen LogP contribution is 2.14. The number of hydrogen-bond donors (Lipinski definition) is 0. The van der Waals surface area contributed by atoms with Gasteiger partial charge >= 0.3 is 0 Å². The van der Waals surface area contributed by atoms with E-state index >= 15 is 0 Å². The second-order valence-electron chi connectivity index (χ2n) is 3.21. The van der Waals surface area contributed by atoms with E-state index in [1.165, 1.54) is 6.08 Å². The third-order valence-electron chi connectivity index (χ3n) is 0.829. The van der Waals surface area contributed by atoms with Crippen molar-refractivity contribution in [1.29, 1.82) is 0 Å². The molecule has 0 aromatic heterocycles. The van der Waals surface area contributed by atoms with Gasteiger partial charge in [0.05, 0.1) is 12.5 Å². The maximum atomic E-state index is 9.87. The highest BCUT2D eigenvalue weighted by Gasteiger charge is 2.08. The molecule has 0 fully saturated rings. The lowest BCUT2D eigenvalue weighted by Crippen LogP contribution is -2.21. The van der Waals surface area contributed by atoms with Gasteiger partial charge in [-0.2, -0.15) is 0 Å². The van der Waals surface area contributed by atoms with Crippen LogP contribution >= 0.6 is 0 Å². The monoisotopic (exact) mass is 140 g/mol. The molecule has 0 aromatic carbocycles. The molecule has 0 rings (SSSR count). The Morgan fingerprint density at radius 3 is 2.30 bits per heavy atom. The first-order chi connectivity index (χ1) is 4.42. The van der Waals surface area contributed by atoms with Gasteiger partial charge in [-0.1, -0.05) is 0 Å². The molecule has 0 saturated carbocycles. The van der Waals surface area contributed by atoms with Gasteiger partial charge in [-0.15, -0.1) is 0 Å². The average molecular weight is 140 g/mol. The van der Waals surface area contributed by atoms with Crippen LogP contribution in [0.5, 0.6) is 0 Å². The smallest absolute Gasteiger partial charge is 0.156 e. The molecule has 0 N–H and O–H groups in total. The lowest BCUT2D eigenvalue weighted by Gasteiger charge is -2.04. The van der Waals surface area contributed by atoms with E-state index < -0.39 is 5.97 Å². The third-order valence-corrected chi connectivity index (χ3v) is 0.829. The standard InChI is InChI=1S/C8H12O2/c1-8(2,3)6-4-5-7(9)10/h4-6H,1-3H3. The van der Waals surface area contributed by atoms with Crippen LogP contribution in [0, 0.1) is 11.8 Å². The molecule has 0 spiro atoms. The predicted molar refractivity (Wildman–Crippen MR) is 37.9 cm³/mol. The van der Waals surface area contributed by atoms with Gasteiger partial charge in [0, 0.05) is 11.5 Å². The molecule has 0 atom stereocenters. The summed E-state index contributed by atoms with van der Waals surface area (Å²) >= 11 is 0. The fraction of sp³-hybridized carbons (Fsp3) is 0.500. The van der Waals surface area contributed by atoms with Crippen molar-refractivity contribution >= 4 is 5.97 Å². The van der Waals surface area contributed by atoms with Crippen LogP contribution in [0.2, 0.25) is 0 Å². The first kappa shape index (κ1) is 9.08. The Morgan fingerprint density at radius 2 is 2.00 bits per heavy atom. The Morgan fingerprint density at radius 1 is 1.50 bits per heavy atom. The number of allylic oxidation sites excluding steroid dienone is 1. The normalized spacial score (nSPS) is 11.9. The molecule has 0 aliphatic carbocycles. The van der Waals surface area contributed by atoms with Crippen LogP contribution in [0.25, 0.3) is 0 Å². The summed E-state index contributed by atoms with van der Waals surface area (Å²) in [5, 5.41) is 9.87. The maximum Gasteiger partial charge on any atom is 0.156 e. The van der Waals surface area contributed by atoms with Crippen LogP contribution in [0.15, 0.2) is 12.2 Å². The highest BCUT2D eigenvalue weighted by atomic mass is 16.4. The van der Waals surface area contributed by atoms with Gasteiger partial charge in [0.25, 0.3) is 0 Å². The topological polar surface area (TPSA) is 40.1 Å². The van der Waals surface area contributed by atoms with E-state index in [1.54, 1.807) is 0 Å². The molecule has 0 aliphatic heterocycles. The summed E-state index contributed by atoms with van der Waals surface area (Å²) in [5.41, 5.74) is 0.0337. The van der Waals surface area contributed by atoms with Crippen molar-refractivity contribution in [2.75, 3.05) is 0 Å². The molecule has 0 aliphatic rings. The number of rotatable bonds is 2. The van der Waals surface area contributed by atoms with Gasteiger partial charge in [0.15, 0.2) is 5.97 Å². The van der Waals surface area contributed by atoms with Crippen LogP contribution < -0.4 is 5.11 Å². The molecule has 10 heavy (non-hydrogen) atoms. The molecule has 0 bridgehead atoms. The number of carboxylic acid groups (broad SMARTS) is 1. The Hall–Kier alpha value is -0.920. The number of carbonyl (C=O) groups is 1. The maximum absolute atomic E-state index is 9.87. The van der Waals surface area contributed by atoms with E-state index in [9.17, 15) is 9.90 Å². The number of carboxylic acids is 1. The van der Waals surface area contributed by atoms with Crippen LogP contribution in [0.1, 0.15) is 20.8 Å².